The molecule has 2 aromatic carbocycles. The molecule has 6 heteroatoms. The molecular weight excluding hydrogens is 330 g/mol. The molecule has 0 saturated heterocycles. The van der Waals surface area contributed by atoms with Gasteiger partial charge in [0.1, 0.15) is 0 Å². The third-order valence-electron chi connectivity index (χ3n) is 4.76. The number of carbonyl (C=O) groups excluding carboxylic acids is 1. The highest BCUT2D eigenvalue weighted by Crippen LogP contribution is 2.39. The summed E-state index contributed by atoms with van der Waals surface area (Å²) < 4.78 is 10.8. The van der Waals surface area contributed by atoms with E-state index in [1.54, 1.807) is 38.7 Å². The molecule has 0 saturated carbocycles. The van der Waals surface area contributed by atoms with Crippen molar-refractivity contribution in [1.29, 1.82) is 0 Å². The van der Waals surface area contributed by atoms with Crippen LogP contribution in [-0.2, 0) is 6.42 Å². The van der Waals surface area contributed by atoms with Crippen LogP contribution in [0.15, 0.2) is 42.7 Å². The average Bonchev–Trinajstić information content (AvgIpc) is 3.08. The second-order valence-corrected chi connectivity index (χ2v) is 6.23. The third-order valence-corrected chi connectivity index (χ3v) is 4.76. The third kappa shape index (κ3) is 2.83. The molecule has 132 valence electrons. The maximum atomic E-state index is 12.7. The first-order chi connectivity index (χ1) is 12.7. The number of fused-ring (bicyclic) bond motifs is 2. The van der Waals surface area contributed by atoms with Crippen LogP contribution in [0.1, 0.15) is 33.9 Å². The van der Waals surface area contributed by atoms with Crippen molar-refractivity contribution in [1.82, 2.24) is 15.3 Å². The van der Waals surface area contributed by atoms with Crippen LogP contribution in [0.5, 0.6) is 11.5 Å². The predicted molar refractivity (Wildman–Crippen MR) is 97.6 cm³/mol. The number of methoxy groups -OCH3 is 2. The Labute approximate surface area is 151 Å². The Bertz CT molecular complexity index is 987. The molecule has 0 fully saturated rings. The van der Waals surface area contributed by atoms with E-state index in [9.17, 15) is 4.79 Å². The fraction of sp³-hybridized carbons (Fsp3) is 0.250. The highest BCUT2D eigenvalue weighted by molar-refractivity contribution is 5.97. The molecule has 1 N–H and O–H groups in total. The molecule has 1 atom stereocenters. The van der Waals surface area contributed by atoms with Crippen molar-refractivity contribution in [3.63, 3.8) is 0 Å². The summed E-state index contributed by atoms with van der Waals surface area (Å²) in [4.78, 5) is 21.2. The fourth-order valence-corrected chi connectivity index (χ4v) is 3.43. The number of rotatable bonds is 4. The van der Waals surface area contributed by atoms with E-state index in [1.165, 1.54) is 5.56 Å². The number of aromatic nitrogens is 2. The topological polar surface area (TPSA) is 73.3 Å². The van der Waals surface area contributed by atoms with Crippen molar-refractivity contribution in [2.45, 2.75) is 18.9 Å². The SMILES string of the molecule is COc1cc2c(cc1OC)[C@@H](NC(=O)c1ccc3nccnc3c1)CC2. The Balaban J connectivity index is 1.59. The molecule has 0 unspecified atom stereocenters. The number of nitrogens with zero attached hydrogens (tertiary/aromatic N) is 2. The molecule has 1 amide bonds. The second-order valence-electron chi connectivity index (χ2n) is 6.23. The maximum Gasteiger partial charge on any atom is 0.251 e. The Morgan fingerprint density at radius 2 is 1.77 bits per heavy atom. The fourth-order valence-electron chi connectivity index (χ4n) is 3.43. The van der Waals surface area contributed by atoms with Crippen LogP contribution >= 0.6 is 0 Å². The van der Waals surface area contributed by atoms with Gasteiger partial charge in [-0.1, -0.05) is 0 Å². The van der Waals surface area contributed by atoms with Gasteiger partial charge in [0.05, 0.1) is 31.3 Å². The van der Waals surface area contributed by atoms with Gasteiger partial charge in [-0.2, -0.15) is 0 Å². The van der Waals surface area contributed by atoms with E-state index in [1.807, 2.05) is 18.2 Å². The van der Waals surface area contributed by atoms with E-state index in [4.69, 9.17) is 9.47 Å². The molecule has 0 spiro atoms. The summed E-state index contributed by atoms with van der Waals surface area (Å²) in [6.07, 6.45) is 5.00. The van der Waals surface area contributed by atoms with Crippen molar-refractivity contribution < 1.29 is 14.3 Å². The summed E-state index contributed by atoms with van der Waals surface area (Å²) in [7, 11) is 3.24. The molecule has 0 radical (unpaired) electrons. The molecular formula is C20H19N3O3. The lowest BCUT2D eigenvalue weighted by Crippen LogP contribution is -2.27. The Morgan fingerprint density at radius 1 is 1.04 bits per heavy atom. The number of aryl methyl sites for hydroxylation is 1. The van der Waals surface area contributed by atoms with Crippen molar-refractivity contribution in [3.05, 3.63) is 59.4 Å². The van der Waals surface area contributed by atoms with Crippen LogP contribution in [0.4, 0.5) is 0 Å². The smallest absolute Gasteiger partial charge is 0.251 e. The highest BCUT2D eigenvalue weighted by atomic mass is 16.5. The zero-order chi connectivity index (χ0) is 18.1. The molecule has 1 aromatic heterocycles. The van der Waals surface area contributed by atoms with E-state index < -0.39 is 0 Å². The first kappa shape index (κ1) is 16.3. The Morgan fingerprint density at radius 3 is 2.54 bits per heavy atom. The number of benzene rings is 2. The zero-order valence-corrected chi connectivity index (χ0v) is 14.7. The Kier molecular flexibility index (Phi) is 4.16. The van der Waals surface area contributed by atoms with Gasteiger partial charge in [0.25, 0.3) is 5.91 Å². The summed E-state index contributed by atoms with van der Waals surface area (Å²) in [5, 5.41) is 3.12. The predicted octanol–water partition coefficient (Wildman–Crippen LogP) is 3.06. The van der Waals surface area contributed by atoms with Crippen molar-refractivity contribution in [3.8, 4) is 11.5 Å². The average molecular weight is 349 g/mol. The number of ether oxygens (including phenoxy) is 2. The minimum Gasteiger partial charge on any atom is -0.493 e. The van der Waals surface area contributed by atoms with E-state index in [0.717, 1.165) is 23.9 Å². The summed E-state index contributed by atoms with van der Waals surface area (Å²) in [6.45, 7) is 0. The standard InChI is InChI=1S/C20H19N3O3/c1-25-18-10-12-3-5-15(14(12)11-19(18)26-2)23-20(24)13-4-6-16-17(9-13)22-8-7-21-16/h4,6-11,15H,3,5H2,1-2H3,(H,23,24)/t15-/m0/s1. The molecule has 4 rings (SSSR count). The van der Waals surface area contributed by atoms with Gasteiger partial charge in [0, 0.05) is 18.0 Å². The van der Waals surface area contributed by atoms with E-state index in [0.29, 0.717) is 22.6 Å². The molecule has 1 aliphatic rings. The molecule has 3 aromatic rings. The lowest BCUT2D eigenvalue weighted by atomic mass is 10.1. The summed E-state index contributed by atoms with van der Waals surface area (Å²) in [5.74, 6) is 1.27. The maximum absolute atomic E-state index is 12.7. The molecule has 26 heavy (non-hydrogen) atoms. The van der Waals surface area contributed by atoms with Crippen LogP contribution in [0, 0.1) is 0 Å². The number of carbonyl (C=O) groups is 1. The van der Waals surface area contributed by atoms with Gasteiger partial charge in [0.15, 0.2) is 11.5 Å². The van der Waals surface area contributed by atoms with E-state index >= 15 is 0 Å². The monoisotopic (exact) mass is 349 g/mol. The van der Waals surface area contributed by atoms with Gasteiger partial charge < -0.3 is 14.8 Å². The van der Waals surface area contributed by atoms with Crippen LogP contribution in [0.3, 0.4) is 0 Å². The van der Waals surface area contributed by atoms with Gasteiger partial charge >= 0.3 is 0 Å². The largest absolute Gasteiger partial charge is 0.493 e. The minimum atomic E-state index is -0.120. The van der Waals surface area contributed by atoms with Crippen LogP contribution in [0.2, 0.25) is 0 Å². The lowest BCUT2D eigenvalue weighted by molar-refractivity contribution is 0.0937. The van der Waals surface area contributed by atoms with Crippen LogP contribution in [-0.4, -0.2) is 30.1 Å². The van der Waals surface area contributed by atoms with Crippen LogP contribution in [0.25, 0.3) is 11.0 Å². The Hall–Kier alpha value is -3.15. The van der Waals surface area contributed by atoms with Gasteiger partial charge in [0.2, 0.25) is 0 Å². The number of hydrogen-bond donors (Lipinski definition) is 1. The van der Waals surface area contributed by atoms with Gasteiger partial charge in [-0.05, 0) is 54.3 Å². The molecule has 1 aliphatic carbocycles. The van der Waals surface area contributed by atoms with E-state index in [2.05, 4.69) is 15.3 Å². The quantitative estimate of drug-likeness (QED) is 0.784. The summed E-state index contributed by atoms with van der Waals surface area (Å²) >= 11 is 0. The first-order valence-electron chi connectivity index (χ1n) is 8.46. The van der Waals surface area contributed by atoms with Gasteiger partial charge in [-0.25, -0.2) is 0 Å². The highest BCUT2D eigenvalue weighted by Gasteiger charge is 2.26. The van der Waals surface area contributed by atoms with Gasteiger partial charge in [-0.3, -0.25) is 14.8 Å². The molecule has 1 heterocycles. The molecule has 0 aliphatic heterocycles. The van der Waals surface area contributed by atoms with Crippen LogP contribution < -0.4 is 14.8 Å². The summed E-state index contributed by atoms with van der Waals surface area (Å²) in [6, 6.07) is 9.26. The normalized spacial score (nSPS) is 15.5. The second kappa shape index (κ2) is 6.63. The van der Waals surface area contributed by atoms with Crippen molar-refractivity contribution in [2.75, 3.05) is 14.2 Å². The van der Waals surface area contributed by atoms with Crippen molar-refractivity contribution >= 4 is 16.9 Å². The molecule has 0 bridgehead atoms. The van der Waals surface area contributed by atoms with Gasteiger partial charge in [-0.15, -0.1) is 0 Å². The number of hydrogen-bond acceptors (Lipinski definition) is 5. The number of nitrogens with one attached hydrogen (secondary N) is 1. The minimum absolute atomic E-state index is 0.0464. The number of amides is 1. The lowest BCUT2D eigenvalue weighted by Gasteiger charge is -2.16. The van der Waals surface area contributed by atoms with Crippen molar-refractivity contribution in [2.24, 2.45) is 0 Å². The van der Waals surface area contributed by atoms with E-state index in [-0.39, 0.29) is 11.9 Å². The molecule has 6 nitrogen and oxygen atoms in total. The zero-order valence-electron chi connectivity index (χ0n) is 14.7. The summed E-state index contributed by atoms with van der Waals surface area (Å²) in [5.41, 5.74) is 4.31. The first-order valence-corrected chi connectivity index (χ1v) is 8.46.